The van der Waals surface area contributed by atoms with Crippen LogP contribution < -0.4 is 9.64 Å². The van der Waals surface area contributed by atoms with Gasteiger partial charge in [-0.05, 0) is 12.1 Å². The van der Waals surface area contributed by atoms with E-state index in [4.69, 9.17) is 10.00 Å². The van der Waals surface area contributed by atoms with Crippen molar-refractivity contribution < 1.29 is 4.74 Å². The molecular weight excluding hydrogens is 240 g/mol. The van der Waals surface area contributed by atoms with Crippen LogP contribution in [0.4, 0.5) is 5.95 Å². The third-order valence-electron chi connectivity index (χ3n) is 2.61. The monoisotopic (exact) mass is 254 g/mol. The number of methoxy groups -OCH3 is 1. The zero-order valence-electron chi connectivity index (χ0n) is 11.1. The van der Waals surface area contributed by atoms with Gasteiger partial charge in [0.05, 0.1) is 12.8 Å². The number of benzene rings is 1. The highest BCUT2D eigenvalue weighted by atomic mass is 16.5. The van der Waals surface area contributed by atoms with Crippen LogP contribution in [0, 0.1) is 11.3 Å². The maximum Gasteiger partial charge on any atom is 0.226 e. The Hall–Kier alpha value is -2.61. The molecule has 0 fully saturated rings. The molecule has 1 aromatic carbocycles. The molecule has 0 bridgehead atoms. The van der Waals surface area contributed by atoms with Crippen molar-refractivity contribution in [3.63, 3.8) is 0 Å². The van der Waals surface area contributed by atoms with Crippen molar-refractivity contribution in [2.45, 2.75) is 0 Å². The summed E-state index contributed by atoms with van der Waals surface area (Å²) in [6, 6.07) is 11.3. The molecule has 0 spiro atoms. The lowest BCUT2D eigenvalue weighted by Gasteiger charge is -2.13. The zero-order chi connectivity index (χ0) is 13.8. The Kier molecular flexibility index (Phi) is 3.62. The first-order valence-electron chi connectivity index (χ1n) is 5.75. The van der Waals surface area contributed by atoms with E-state index in [2.05, 4.69) is 16.0 Å². The number of nitriles is 1. The van der Waals surface area contributed by atoms with E-state index in [-0.39, 0.29) is 0 Å². The smallest absolute Gasteiger partial charge is 0.226 e. The van der Waals surface area contributed by atoms with Gasteiger partial charge in [0.15, 0.2) is 0 Å². The molecule has 96 valence electrons. The number of ether oxygens (including phenoxy) is 1. The number of hydrogen-bond donors (Lipinski definition) is 0. The molecule has 0 saturated carbocycles. The standard InChI is InChI=1S/C14H14N4O/c1-18(2)14-16-10(9-15)8-12(17-14)11-6-4-5-7-13(11)19-3/h4-8H,1-3H3. The quantitative estimate of drug-likeness (QED) is 0.839. The van der Waals surface area contributed by atoms with E-state index in [1.54, 1.807) is 18.1 Å². The Bertz CT molecular complexity index is 632. The van der Waals surface area contributed by atoms with Gasteiger partial charge in [0.2, 0.25) is 5.95 Å². The normalized spacial score (nSPS) is 9.79. The molecule has 2 aromatic rings. The molecule has 5 heteroatoms. The van der Waals surface area contributed by atoms with Crippen LogP contribution in [0.5, 0.6) is 5.75 Å². The summed E-state index contributed by atoms with van der Waals surface area (Å²) in [7, 11) is 5.28. The van der Waals surface area contributed by atoms with Crippen molar-refractivity contribution in [3.05, 3.63) is 36.0 Å². The lowest BCUT2D eigenvalue weighted by Crippen LogP contribution is -2.13. The Labute approximate surface area is 112 Å². The van der Waals surface area contributed by atoms with E-state index in [9.17, 15) is 0 Å². The fourth-order valence-corrected chi connectivity index (χ4v) is 1.69. The topological polar surface area (TPSA) is 62.0 Å². The fraction of sp³-hybridized carbons (Fsp3) is 0.214. The van der Waals surface area contributed by atoms with E-state index < -0.39 is 0 Å². The number of rotatable bonds is 3. The Morgan fingerprint density at radius 3 is 2.58 bits per heavy atom. The van der Waals surface area contributed by atoms with Gasteiger partial charge in [-0.2, -0.15) is 5.26 Å². The lowest BCUT2D eigenvalue weighted by atomic mass is 10.1. The van der Waals surface area contributed by atoms with Gasteiger partial charge in [-0.15, -0.1) is 0 Å². The molecule has 0 atom stereocenters. The molecule has 0 aliphatic carbocycles. The van der Waals surface area contributed by atoms with Crippen molar-refractivity contribution in [1.29, 1.82) is 5.26 Å². The predicted octanol–water partition coefficient (Wildman–Crippen LogP) is 2.09. The Morgan fingerprint density at radius 2 is 1.95 bits per heavy atom. The summed E-state index contributed by atoms with van der Waals surface area (Å²) in [6.07, 6.45) is 0. The van der Waals surface area contributed by atoms with Crippen molar-refractivity contribution in [3.8, 4) is 23.1 Å². The second-order valence-corrected chi connectivity index (χ2v) is 4.14. The fourth-order valence-electron chi connectivity index (χ4n) is 1.69. The van der Waals surface area contributed by atoms with Gasteiger partial charge in [0.1, 0.15) is 17.5 Å². The van der Waals surface area contributed by atoms with Gasteiger partial charge in [-0.3, -0.25) is 0 Å². The van der Waals surface area contributed by atoms with E-state index >= 15 is 0 Å². The van der Waals surface area contributed by atoms with Crippen LogP contribution in [0.1, 0.15) is 5.69 Å². The maximum atomic E-state index is 9.05. The van der Waals surface area contributed by atoms with Crippen LogP contribution >= 0.6 is 0 Å². The third-order valence-corrected chi connectivity index (χ3v) is 2.61. The third kappa shape index (κ3) is 2.63. The number of anilines is 1. The molecule has 0 aliphatic heterocycles. The average Bonchev–Trinajstić information content (AvgIpc) is 2.46. The first kappa shape index (κ1) is 12.8. The van der Waals surface area contributed by atoms with Crippen molar-refractivity contribution in [2.75, 3.05) is 26.1 Å². The van der Waals surface area contributed by atoms with Gasteiger partial charge < -0.3 is 9.64 Å². The van der Waals surface area contributed by atoms with Crippen LogP contribution in [0.15, 0.2) is 30.3 Å². The highest BCUT2D eigenvalue weighted by molar-refractivity contribution is 5.68. The van der Waals surface area contributed by atoms with Crippen LogP contribution in [0.25, 0.3) is 11.3 Å². The lowest BCUT2D eigenvalue weighted by molar-refractivity contribution is 0.416. The number of para-hydroxylation sites is 1. The first-order chi connectivity index (χ1) is 9.15. The molecule has 5 nitrogen and oxygen atoms in total. The summed E-state index contributed by atoms with van der Waals surface area (Å²) in [5.74, 6) is 1.22. The summed E-state index contributed by atoms with van der Waals surface area (Å²) in [6.45, 7) is 0. The summed E-state index contributed by atoms with van der Waals surface area (Å²) >= 11 is 0. The number of aromatic nitrogens is 2. The minimum absolute atomic E-state index is 0.333. The second kappa shape index (κ2) is 5.36. The molecular formula is C14H14N4O. The Balaban J connectivity index is 2.62. The molecule has 19 heavy (non-hydrogen) atoms. The summed E-state index contributed by atoms with van der Waals surface area (Å²) < 4.78 is 5.32. The maximum absolute atomic E-state index is 9.05. The summed E-state index contributed by atoms with van der Waals surface area (Å²) in [5.41, 5.74) is 1.85. The molecule has 0 unspecified atom stereocenters. The van der Waals surface area contributed by atoms with Gasteiger partial charge in [-0.1, -0.05) is 12.1 Å². The number of hydrogen-bond acceptors (Lipinski definition) is 5. The zero-order valence-corrected chi connectivity index (χ0v) is 11.1. The first-order valence-corrected chi connectivity index (χ1v) is 5.75. The van der Waals surface area contributed by atoms with Gasteiger partial charge in [-0.25, -0.2) is 9.97 Å². The summed E-state index contributed by atoms with van der Waals surface area (Å²) in [5, 5.41) is 9.05. The van der Waals surface area contributed by atoms with Crippen molar-refractivity contribution in [1.82, 2.24) is 9.97 Å². The van der Waals surface area contributed by atoms with Crippen molar-refractivity contribution >= 4 is 5.95 Å². The average molecular weight is 254 g/mol. The van der Waals surface area contributed by atoms with Crippen molar-refractivity contribution in [2.24, 2.45) is 0 Å². The van der Waals surface area contributed by atoms with E-state index in [0.717, 1.165) is 11.3 Å². The van der Waals surface area contributed by atoms with Crippen LogP contribution in [0.2, 0.25) is 0 Å². The Morgan fingerprint density at radius 1 is 1.21 bits per heavy atom. The van der Waals surface area contributed by atoms with Crippen LogP contribution in [-0.2, 0) is 0 Å². The van der Waals surface area contributed by atoms with Crippen LogP contribution in [-0.4, -0.2) is 31.2 Å². The van der Waals surface area contributed by atoms with E-state index in [1.165, 1.54) is 0 Å². The van der Waals surface area contributed by atoms with E-state index in [1.807, 2.05) is 38.4 Å². The molecule has 0 N–H and O–H groups in total. The van der Waals surface area contributed by atoms with Gasteiger partial charge in [0, 0.05) is 25.7 Å². The SMILES string of the molecule is COc1ccccc1-c1cc(C#N)nc(N(C)C)n1. The minimum atomic E-state index is 0.333. The summed E-state index contributed by atoms with van der Waals surface area (Å²) in [4.78, 5) is 10.4. The molecule has 0 amide bonds. The second-order valence-electron chi connectivity index (χ2n) is 4.14. The predicted molar refractivity (Wildman–Crippen MR) is 73.1 cm³/mol. The molecule has 1 aromatic heterocycles. The molecule has 1 heterocycles. The van der Waals surface area contributed by atoms with Gasteiger partial charge in [0.25, 0.3) is 0 Å². The highest BCUT2D eigenvalue weighted by Gasteiger charge is 2.11. The molecule has 0 aliphatic rings. The van der Waals surface area contributed by atoms with E-state index in [0.29, 0.717) is 17.3 Å². The van der Waals surface area contributed by atoms with Gasteiger partial charge >= 0.3 is 0 Å². The van der Waals surface area contributed by atoms with Crippen LogP contribution in [0.3, 0.4) is 0 Å². The number of nitrogens with zero attached hydrogens (tertiary/aromatic N) is 4. The minimum Gasteiger partial charge on any atom is -0.496 e. The molecule has 2 rings (SSSR count). The molecule has 0 saturated heterocycles. The highest BCUT2D eigenvalue weighted by Crippen LogP contribution is 2.29. The molecule has 0 radical (unpaired) electrons. The largest absolute Gasteiger partial charge is 0.496 e.